The maximum atomic E-state index is 12.8. The number of hydrogen-bond donors (Lipinski definition) is 1. The number of fused-ring (bicyclic) bond motifs is 1. The van der Waals surface area contributed by atoms with E-state index in [0.29, 0.717) is 44.4 Å². The fourth-order valence-corrected chi connectivity index (χ4v) is 5.20. The second-order valence-corrected chi connectivity index (χ2v) is 10.1. The molecular weight excluding hydrogens is 486 g/mol. The second-order valence-electron chi connectivity index (χ2n) is 10.1. The quantitative estimate of drug-likeness (QED) is 0.478. The van der Waals surface area contributed by atoms with Gasteiger partial charge in [-0.2, -0.15) is 0 Å². The van der Waals surface area contributed by atoms with Crippen LogP contribution in [0.1, 0.15) is 46.3 Å². The predicted molar refractivity (Wildman–Crippen MR) is 139 cm³/mol. The van der Waals surface area contributed by atoms with Crippen molar-refractivity contribution in [3.05, 3.63) is 64.7 Å². The van der Waals surface area contributed by atoms with Crippen LogP contribution in [0.25, 0.3) is 0 Å². The van der Waals surface area contributed by atoms with E-state index < -0.39 is 11.9 Å². The maximum Gasteiger partial charge on any atom is 0.255 e. The van der Waals surface area contributed by atoms with Gasteiger partial charge in [-0.15, -0.1) is 0 Å². The number of ketones is 1. The van der Waals surface area contributed by atoms with Gasteiger partial charge in [0.1, 0.15) is 24.2 Å². The van der Waals surface area contributed by atoms with Crippen LogP contribution in [0.15, 0.2) is 42.5 Å². The van der Waals surface area contributed by atoms with Crippen molar-refractivity contribution < 1.29 is 28.7 Å². The van der Waals surface area contributed by atoms with Crippen molar-refractivity contribution in [1.82, 2.24) is 15.1 Å². The number of hydrogen-bond acceptors (Lipinski definition) is 7. The summed E-state index contributed by atoms with van der Waals surface area (Å²) in [7, 11) is 0. The Morgan fingerprint density at radius 3 is 2.55 bits per heavy atom. The highest BCUT2D eigenvalue weighted by Gasteiger charge is 2.39. The first-order chi connectivity index (χ1) is 18.5. The first kappa shape index (κ1) is 26.1. The van der Waals surface area contributed by atoms with Crippen LogP contribution in [0.2, 0.25) is 0 Å². The van der Waals surface area contributed by atoms with Crippen LogP contribution in [0.5, 0.6) is 5.75 Å². The number of ether oxygens (including phenoxy) is 2. The number of Topliss-reactive ketones (excluding diaryl/α,β-unsaturated/α-hetero) is 1. The highest BCUT2D eigenvalue weighted by molar-refractivity contribution is 6.05. The Hall–Kier alpha value is -3.56. The molecule has 1 unspecified atom stereocenters. The lowest BCUT2D eigenvalue weighted by Gasteiger charge is -2.29. The largest absolute Gasteiger partial charge is 0.492 e. The van der Waals surface area contributed by atoms with E-state index in [-0.39, 0.29) is 24.0 Å². The monoisotopic (exact) mass is 519 g/mol. The third kappa shape index (κ3) is 6.28. The van der Waals surface area contributed by atoms with Gasteiger partial charge in [-0.05, 0) is 47.7 Å². The minimum absolute atomic E-state index is 0.146. The van der Waals surface area contributed by atoms with E-state index in [0.717, 1.165) is 55.3 Å². The summed E-state index contributed by atoms with van der Waals surface area (Å²) in [6.45, 7) is 5.26. The number of nitrogens with one attached hydrogen (secondary N) is 1. The molecule has 0 aliphatic carbocycles. The van der Waals surface area contributed by atoms with Crippen LogP contribution >= 0.6 is 0 Å². The molecule has 5 rings (SSSR count). The van der Waals surface area contributed by atoms with Crippen LogP contribution in [0.3, 0.4) is 0 Å². The summed E-state index contributed by atoms with van der Waals surface area (Å²) >= 11 is 0. The molecule has 0 aromatic heterocycles. The Balaban J connectivity index is 1.08. The van der Waals surface area contributed by atoms with Gasteiger partial charge in [0.2, 0.25) is 11.8 Å². The van der Waals surface area contributed by atoms with Gasteiger partial charge in [-0.25, -0.2) is 0 Å². The lowest BCUT2D eigenvalue weighted by molar-refractivity contribution is -0.137. The van der Waals surface area contributed by atoms with Crippen molar-refractivity contribution >= 4 is 23.5 Å². The Kier molecular flexibility index (Phi) is 8.14. The number of benzene rings is 2. The van der Waals surface area contributed by atoms with Crippen molar-refractivity contribution in [2.24, 2.45) is 0 Å². The van der Waals surface area contributed by atoms with Crippen LogP contribution in [0, 0.1) is 0 Å². The number of piperidine rings is 1. The Bertz CT molecular complexity index is 1210. The first-order valence-corrected chi connectivity index (χ1v) is 13.3. The smallest absolute Gasteiger partial charge is 0.255 e. The van der Waals surface area contributed by atoms with Gasteiger partial charge >= 0.3 is 0 Å². The molecule has 2 fully saturated rings. The fraction of sp³-hybridized carbons (Fsp3) is 0.448. The molecule has 9 heteroatoms. The van der Waals surface area contributed by atoms with E-state index in [2.05, 4.69) is 10.2 Å². The number of aryl methyl sites for hydroxylation is 1. The SMILES string of the molecule is O=C(CCc1ccc2c(c1)CN(C1CCC(=O)NC1=O)C2=O)Cc1ccc(OCCN2CCOCC2)cc1. The highest BCUT2D eigenvalue weighted by atomic mass is 16.5. The molecule has 2 saturated heterocycles. The fourth-order valence-electron chi connectivity index (χ4n) is 5.20. The van der Waals surface area contributed by atoms with Crippen molar-refractivity contribution in [3.63, 3.8) is 0 Å². The minimum Gasteiger partial charge on any atom is -0.492 e. The summed E-state index contributed by atoms with van der Waals surface area (Å²) in [5.74, 6) is 0.0406. The number of nitrogens with zero attached hydrogens (tertiary/aromatic N) is 2. The molecule has 3 heterocycles. The molecule has 0 bridgehead atoms. The molecule has 2 aromatic rings. The number of rotatable bonds is 10. The summed E-state index contributed by atoms with van der Waals surface area (Å²) in [5, 5.41) is 2.32. The van der Waals surface area contributed by atoms with Gasteiger partial charge in [0, 0.05) is 51.0 Å². The van der Waals surface area contributed by atoms with E-state index in [4.69, 9.17) is 9.47 Å². The van der Waals surface area contributed by atoms with Crippen LogP contribution in [-0.2, 0) is 38.5 Å². The molecule has 38 heavy (non-hydrogen) atoms. The molecule has 9 nitrogen and oxygen atoms in total. The number of amides is 3. The number of carbonyl (C=O) groups excluding carboxylic acids is 4. The van der Waals surface area contributed by atoms with Gasteiger partial charge in [0.15, 0.2) is 0 Å². The van der Waals surface area contributed by atoms with Gasteiger partial charge in [0.05, 0.1) is 13.2 Å². The molecule has 200 valence electrons. The Morgan fingerprint density at radius 2 is 1.79 bits per heavy atom. The average Bonchev–Trinajstić information content (AvgIpc) is 3.24. The summed E-state index contributed by atoms with van der Waals surface area (Å²) in [6.07, 6.45) is 1.92. The molecule has 3 aliphatic rings. The zero-order valence-electron chi connectivity index (χ0n) is 21.4. The van der Waals surface area contributed by atoms with E-state index >= 15 is 0 Å². The predicted octanol–water partition coefficient (Wildman–Crippen LogP) is 1.90. The molecule has 3 aliphatic heterocycles. The highest BCUT2D eigenvalue weighted by Crippen LogP contribution is 2.28. The van der Waals surface area contributed by atoms with E-state index in [1.54, 1.807) is 6.07 Å². The summed E-state index contributed by atoms with van der Waals surface area (Å²) < 4.78 is 11.2. The van der Waals surface area contributed by atoms with Crippen LogP contribution in [-0.4, -0.2) is 78.8 Å². The normalized spacial score (nSPS) is 19.8. The van der Waals surface area contributed by atoms with Gasteiger partial charge in [-0.1, -0.05) is 24.3 Å². The average molecular weight is 520 g/mol. The van der Waals surface area contributed by atoms with Gasteiger partial charge in [-0.3, -0.25) is 29.4 Å². The summed E-state index contributed by atoms with van der Waals surface area (Å²) in [6, 6.07) is 12.7. The van der Waals surface area contributed by atoms with E-state index in [1.165, 1.54) is 4.90 Å². The molecule has 0 saturated carbocycles. The minimum atomic E-state index is -0.626. The Labute approximate surface area is 222 Å². The molecule has 3 amide bonds. The molecular formula is C29H33N3O6. The molecule has 2 aromatic carbocycles. The van der Waals surface area contributed by atoms with Crippen molar-refractivity contribution in [3.8, 4) is 5.75 Å². The number of carbonyl (C=O) groups is 4. The number of morpholine rings is 1. The van der Waals surface area contributed by atoms with Crippen molar-refractivity contribution in [1.29, 1.82) is 0 Å². The van der Waals surface area contributed by atoms with Crippen molar-refractivity contribution in [2.45, 2.75) is 44.7 Å². The molecule has 1 atom stereocenters. The summed E-state index contributed by atoms with van der Waals surface area (Å²) in [5.41, 5.74) is 3.37. The lowest BCUT2D eigenvalue weighted by atomic mass is 9.99. The zero-order valence-corrected chi connectivity index (χ0v) is 21.4. The topological polar surface area (TPSA) is 105 Å². The summed E-state index contributed by atoms with van der Waals surface area (Å²) in [4.78, 5) is 53.0. The molecule has 0 radical (unpaired) electrons. The standard InChI is InChI=1S/C29H33N3O6/c33-23(18-21-2-6-24(7-3-21)38-16-13-31-11-14-37-15-12-31)5-1-20-4-8-25-22(17-20)19-32(29(25)36)26-9-10-27(34)30-28(26)35/h2-4,6-8,17,26H,1,5,9-16,18-19H2,(H,30,34,35). The first-order valence-electron chi connectivity index (χ1n) is 13.3. The molecule has 0 spiro atoms. The van der Waals surface area contributed by atoms with Gasteiger partial charge in [0.25, 0.3) is 5.91 Å². The van der Waals surface area contributed by atoms with Crippen LogP contribution < -0.4 is 10.1 Å². The molecule has 1 N–H and O–H groups in total. The van der Waals surface area contributed by atoms with Gasteiger partial charge < -0.3 is 14.4 Å². The third-order valence-electron chi connectivity index (χ3n) is 7.39. The second kappa shape index (κ2) is 11.9. The third-order valence-corrected chi connectivity index (χ3v) is 7.39. The Morgan fingerprint density at radius 1 is 1.03 bits per heavy atom. The van der Waals surface area contributed by atoms with Crippen LogP contribution in [0.4, 0.5) is 0 Å². The number of imide groups is 1. The zero-order chi connectivity index (χ0) is 26.5. The van der Waals surface area contributed by atoms with E-state index in [9.17, 15) is 19.2 Å². The van der Waals surface area contributed by atoms with Crippen molar-refractivity contribution in [2.75, 3.05) is 39.5 Å². The lowest BCUT2D eigenvalue weighted by Crippen LogP contribution is -2.52. The maximum absolute atomic E-state index is 12.8. The van der Waals surface area contributed by atoms with E-state index in [1.807, 2.05) is 36.4 Å².